The maximum Gasteiger partial charge on any atom is 0.281 e. The summed E-state index contributed by atoms with van der Waals surface area (Å²) in [6, 6.07) is 12.7. The Morgan fingerprint density at radius 1 is 1.13 bits per heavy atom. The smallest absolute Gasteiger partial charge is 0.281 e. The van der Waals surface area contributed by atoms with E-state index in [1.807, 2.05) is 0 Å². The molecule has 8 heteroatoms. The second kappa shape index (κ2) is 7.96. The van der Waals surface area contributed by atoms with Crippen LogP contribution in [0.5, 0.6) is 0 Å². The molecule has 0 saturated heterocycles. The quantitative estimate of drug-likeness (QED) is 0.260. The molecule has 0 saturated carbocycles. The second-order valence-corrected chi connectivity index (χ2v) is 7.17. The Kier molecular flexibility index (Phi) is 5.20. The summed E-state index contributed by atoms with van der Waals surface area (Å²) in [7, 11) is 0. The molecule has 0 radical (unpaired) electrons. The van der Waals surface area contributed by atoms with Crippen molar-refractivity contribution in [2.75, 3.05) is 5.32 Å². The number of nitrogens with zero attached hydrogens (tertiary/aromatic N) is 1. The van der Waals surface area contributed by atoms with Gasteiger partial charge >= 0.3 is 0 Å². The SMILES string of the molecule is O=C1CCc2cc(C(=O)/C=C/c3ccc(-c4ccc(Cl)cc4[N+](=O)[O-])o3)ccc2N1. The van der Waals surface area contributed by atoms with Gasteiger partial charge in [-0.15, -0.1) is 0 Å². The molecule has 0 atom stereocenters. The minimum absolute atomic E-state index is 0.0315. The molecule has 4 rings (SSSR count). The van der Waals surface area contributed by atoms with E-state index in [-0.39, 0.29) is 22.4 Å². The summed E-state index contributed by atoms with van der Waals surface area (Å²) in [4.78, 5) is 34.7. The third kappa shape index (κ3) is 4.01. The van der Waals surface area contributed by atoms with Gasteiger partial charge in [-0.05, 0) is 66.6 Å². The molecule has 1 aliphatic rings. The van der Waals surface area contributed by atoms with Crippen molar-refractivity contribution in [3.63, 3.8) is 0 Å². The van der Waals surface area contributed by atoms with Crippen LogP contribution in [-0.4, -0.2) is 16.6 Å². The Bertz CT molecular complexity index is 1210. The summed E-state index contributed by atoms with van der Waals surface area (Å²) in [5.74, 6) is 0.434. The molecule has 3 aromatic rings. The van der Waals surface area contributed by atoms with Gasteiger partial charge in [-0.3, -0.25) is 19.7 Å². The molecule has 0 bridgehead atoms. The van der Waals surface area contributed by atoms with Gasteiger partial charge in [0.05, 0.1) is 10.5 Å². The zero-order valence-corrected chi connectivity index (χ0v) is 16.3. The first-order valence-electron chi connectivity index (χ1n) is 9.10. The minimum atomic E-state index is -0.527. The number of carbonyl (C=O) groups is 2. The van der Waals surface area contributed by atoms with Crippen molar-refractivity contribution in [1.82, 2.24) is 0 Å². The number of nitro benzene ring substituents is 1. The predicted molar refractivity (Wildman–Crippen MR) is 113 cm³/mol. The number of hydrogen-bond acceptors (Lipinski definition) is 5. The molecule has 150 valence electrons. The van der Waals surface area contributed by atoms with Gasteiger partial charge in [0.25, 0.3) is 5.69 Å². The number of furan rings is 1. The van der Waals surface area contributed by atoms with E-state index >= 15 is 0 Å². The number of amides is 1. The van der Waals surface area contributed by atoms with Gasteiger partial charge < -0.3 is 9.73 Å². The average Bonchev–Trinajstić information content (AvgIpc) is 3.20. The summed E-state index contributed by atoms with van der Waals surface area (Å²) in [5, 5.41) is 14.3. The summed E-state index contributed by atoms with van der Waals surface area (Å²) < 4.78 is 5.65. The Morgan fingerprint density at radius 3 is 2.77 bits per heavy atom. The number of ketones is 1. The normalized spacial score (nSPS) is 13.2. The first-order chi connectivity index (χ1) is 14.4. The molecule has 0 fully saturated rings. The molecule has 7 nitrogen and oxygen atoms in total. The van der Waals surface area contributed by atoms with Gasteiger partial charge in [0.1, 0.15) is 11.5 Å². The summed E-state index contributed by atoms with van der Waals surface area (Å²) in [5.41, 5.74) is 2.29. The van der Waals surface area contributed by atoms with Crippen molar-refractivity contribution in [3.8, 4) is 11.3 Å². The van der Waals surface area contributed by atoms with Crippen LogP contribution in [0.1, 0.15) is 28.1 Å². The van der Waals surface area contributed by atoms with Gasteiger partial charge in [0, 0.05) is 28.8 Å². The highest BCUT2D eigenvalue weighted by atomic mass is 35.5. The van der Waals surface area contributed by atoms with Crippen LogP contribution in [0.15, 0.2) is 59.0 Å². The Balaban J connectivity index is 1.54. The number of fused-ring (bicyclic) bond motifs is 1. The topological polar surface area (TPSA) is 102 Å². The summed E-state index contributed by atoms with van der Waals surface area (Å²) in [6.07, 6.45) is 3.87. The van der Waals surface area contributed by atoms with Gasteiger partial charge in [0.15, 0.2) is 5.78 Å². The van der Waals surface area contributed by atoms with Crippen molar-refractivity contribution in [2.45, 2.75) is 12.8 Å². The van der Waals surface area contributed by atoms with Crippen LogP contribution in [0.4, 0.5) is 11.4 Å². The maximum atomic E-state index is 12.5. The van der Waals surface area contributed by atoms with Crippen LogP contribution < -0.4 is 5.32 Å². The largest absolute Gasteiger partial charge is 0.456 e. The third-order valence-corrected chi connectivity index (χ3v) is 4.97. The number of carbonyl (C=O) groups excluding carboxylic acids is 2. The van der Waals surface area contributed by atoms with Crippen molar-refractivity contribution < 1.29 is 18.9 Å². The number of aryl methyl sites for hydroxylation is 1. The van der Waals surface area contributed by atoms with E-state index in [1.165, 1.54) is 24.3 Å². The Hall–Kier alpha value is -3.71. The Labute approximate surface area is 176 Å². The van der Waals surface area contributed by atoms with Crippen molar-refractivity contribution >= 4 is 40.7 Å². The van der Waals surface area contributed by atoms with E-state index < -0.39 is 4.92 Å². The van der Waals surface area contributed by atoms with Crippen LogP contribution in [0.25, 0.3) is 17.4 Å². The number of nitrogens with one attached hydrogen (secondary N) is 1. The van der Waals surface area contributed by atoms with E-state index in [2.05, 4.69) is 5.32 Å². The molecular formula is C22H15ClN2O5. The molecule has 1 amide bonds. The van der Waals surface area contributed by atoms with Crippen molar-refractivity contribution in [2.24, 2.45) is 0 Å². The first kappa shape index (κ1) is 19.6. The van der Waals surface area contributed by atoms with E-state index in [0.29, 0.717) is 35.5 Å². The van der Waals surface area contributed by atoms with Gasteiger partial charge in [-0.25, -0.2) is 0 Å². The number of benzene rings is 2. The summed E-state index contributed by atoms with van der Waals surface area (Å²) in [6.45, 7) is 0. The van der Waals surface area contributed by atoms with E-state index in [4.69, 9.17) is 16.0 Å². The molecule has 2 aromatic carbocycles. The zero-order valence-electron chi connectivity index (χ0n) is 15.6. The lowest BCUT2D eigenvalue weighted by Gasteiger charge is -2.16. The van der Waals surface area contributed by atoms with E-state index in [1.54, 1.807) is 36.4 Å². The highest BCUT2D eigenvalue weighted by Crippen LogP contribution is 2.33. The monoisotopic (exact) mass is 422 g/mol. The second-order valence-electron chi connectivity index (χ2n) is 6.74. The van der Waals surface area contributed by atoms with Gasteiger partial charge in [-0.2, -0.15) is 0 Å². The Morgan fingerprint density at radius 2 is 1.97 bits per heavy atom. The number of nitro groups is 1. The fourth-order valence-electron chi connectivity index (χ4n) is 3.24. The zero-order chi connectivity index (χ0) is 21.3. The average molecular weight is 423 g/mol. The molecule has 1 N–H and O–H groups in total. The third-order valence-electron chi connectivity index (χ3n) is 4.73. The van der Waals surface area contributed by atoms with Crippen LogP contribution in [0, 0.1) is 10.1 Å². The van der Waals surface area contributed by atoms with E-state index in [9.17, 15) is 19.7 Å². The lowest BCUT2D eigenvalue weighted by atomic mass is 9.98. The van der Waals surface area contributed by atoms with E-state index in [0.717, 1.165) is 11.3 Å². The van der Waals surface area contributed by atoms with Crippen LogP contribution in [0.3, 0.4) is 0 Å². The van der Waals surface area contributed by atoms with Crippen LogP contribution >= 0.6 is 11.6 Å². The molecule has 1 aromatic heterocycles. The standard InChI is InChI=1S/C22H15ClN2O5/c23-15-3-6-17(19(12-15)25(28)29)21-9-5-16(30-21)4-8-20(26)14-1-7-18-13(11-14)2-10-22(27)24-18/h1,3-9,11-12H,2,10H2,(H,24,27)/b8-4+. The molecule has 30 heavy (non-hydrogen) atoms. The molecule has 0 aliphatic carbocycles. The molecule has 0 unspecified atom stereocenters. The number of allylic oxidation sites excluding steroid dienone is 1. The molecule has 1 aliphatic heterocycles. The fraction of sp³-hybridized carbons (Fsp3) is 0.0909. The lowest BCUT2D eigenvalue weighted by Crippen LogP contribution is -2.19. The van der Waals surface area contributed by atoms with Crippen LogP contribution in [-0.2, 0) is 11.2 Å². The predicted octanol–water partition coefficient (Wildman–Crippen LogP) is 5.29. The lowest BCUT2D eigenvalue weighted by molar-refractivity contribution is -0.384. The minimum Gasteiger partial charge on any atom is -0.456 e. The van der Waals surface area contributed by atoms with Crippen molar-refractivity contribution in [3.05, 3.63) is 86.6 Å². The van der Waals surface area contributed by atoms with Crippen LogP contribution in [0.2, 0.25) is 5.02 Å². The highest BCUT2D eigenvalue weighted by Gasteiger charge is 2.19. The van der Waals surface area contributed by atoms with Crippen molar-refractivity contribution in [1.29, 1.82) is 0 Å². The first-order valence-corrected chi connectivity index (χ1v) is 9.48. The molecular weight excluding hydrogens is 408 g/mol. The number of halogens is 1. The van der Waals surface area contributed by atoms with Gasteiger partial charge in [0.2, 0.25) is 5.91 Å². The number of rotatable bonds is 5. The number of hydrogen-bond donors (Lipinski definition) is 1. The maximum absolute atomic E-state index is 12.5. The molecule has 2 heterocycles. The fourth-order valence-corrected chi connectivity index (χ4v) is 3.41. The molecule has 0 spiro atoms. The highest BCUT2D eigenvalue weighted by molar-refractivity contribution is 6.30. The van der Waals surface area contributed by atoms with Gasteiger partial charge in [-0.1, -0.05) is 11.6 Å². The summed E-state index contributed by atoms with van der Waals surface area (Å²) >= 11 is 5.84. The number of anilines is 1.